The number of ether oxygens (including phenoxy) is 1. The topological polar surface area (TPSA) is 102 Å². The fraction of sp³-hybridized carbons (Fsp3) is 0.462. The van der Waals surface area contributed by atoms with Gasteiger partial charge < -0.3 is 15.2 Å². The number of carbonyl (C=O) groups excluding carboxylic acids is 1. The van der Waals surface area contributed by atoms with E-state index in [-0.39, 0.29) is 29.5 Å². The van der Waals surface area contributed by atoms with Crippen molar-refractivity contribution < 1.29 is 19.6 Å². The average molecular weight is 282 g/mol. The van der Waals surface area contributed by atoms with Crippen LogP contribution < -0.4 is 10.1 Å². The van der Waals surface area contributed by atoms with E-state index >= 15 is 0 Å². The Morgan fingerprint density at radius 3 is 2.75 bits per heavy atom. The molecule has 110 valence electrons. The van der Waals surface area contributed by atoms with Gasteiger partial charge in [-0.25, -0.2) is 0 Å². The van der Waals surface area contributed by atoms with Gasteiger partial charge in [0.2, 0.25) is 0 Å². The maximum absolute atomic E-state index is 11.9. The van der Waals surface area contributed by atoms with Crippen LogP contribution in [0.15, 0.2) is 18.2 Å². The third-order valence-electron chi connectivity index (χ3n) is 2.76. The van der Waals surface area contributed by atoms with E-state index in [0.717, 1.165) is 12.8 Å². The van der Waals surface area contributed by atoms with Crippen molar-refractivity contribution in [2.75, 3.05) is 20.3 Å². The molecule has 1 aromatic rings. The molecule has 0 saturated carbocycles. The maximum Gasteiger partial charge on any atom is 0.273 e. The van der Waals surface area contributed by atoms with Crippen LogP contribution in [0.3, 0.4) is 0 Å². The van der Waals surface area contributed by atoms with Crippen LogP contribution in [-0.4, -0.2) is 36.2 Å². The standard InChI is InChI=1S/C13H18N2O5/c1-20-12-9-10(15(18)19)5-6-11(12)13(17)14-7-3-2-4-8-16/h5-6,9,16H,2-4,7-8H2,1H3,(H,14,17). The van der Waals surface area contributed by atoms with Gasteiger partial charge >= 0.3 is 0 Å². The normalized spacial score (nSPS) is 10.1. The third kappa shape index (κ3) is 4.51. The zero-order valence-electron chi connectivity index (χ0n) is 11.3. The Morgan fingerprint density at radius 2 is 2.15 bits per heavy atom. The molecule has 0 bridgehead atoms. The van der Waals surface area contributed by atoms with Gasteiger partial charge in [0.15, 0.2) is 0 Å². The minimum atomic E-state index is -0.543. The van der Waals surface area contributed by atoms with E-state index in [2.05, 4.69) is 5.32 Å². The number of hydrogen-bond acceptors (Lipinski definition) is 5. The lowest BCUT2D eigenvalue weighted by Gasteiger charge is -2.09. The molecule has 1 rings (SSSR count). The summed E-state index contributed by atoms with van der Waals surface area (Å²) in [6.45, 7) is 0.628. The molecule has 0 aliphatic carbocycles. The molecule has 0 aliphatic heterocycles. The second-order valence-corrected chi connectivity index (χ2v) is 4.18. The van der Waals surface area contributed by atoms with Gasteiger partial charge in [-0.15, -0.1) is 0 Å². The highest BCUT2D eigenvalue weighted by Gasteiger charge is 2.16. The molecule has 0 fully saturated rings. The van der Waals surface area contributed by atoms with Gasteiger partial charge in [0.25, 0.3) is 11.6 Å². The van der Waals surface area contributed by atoms with Crippen molar-refractivity contribution in [3.8, 4) is 5.75 Å². The van der Waals surface area contributed by atoms with Gasteiger partial charge in [-0.05, 0) is 25.3 Å². The summed E-state index contributed by atoms with van der Waals surface area (Å²) >= 11 is 0. The lowest BCUT2D eigenvalue weighted by atomic mass is 10.1. The van der Waals surface area contributed by atoms with Gasteiger partial charge in [-0.2, -0.15) is 0 Å². The van der Waals surface area contributed by atoms with Crippen molar-refractivity contribution in [3.05, 3.63) is 33.9 Å². The summed E-state index contributed by atoms with van der Waals surface area (Å²) in [5.41, 5.74) is 0.140. The molecule has 1 amide bonds. The predicted molar refractivity (Wildman–Crippen MR) is 72.9 cm³/mol. The molecule has 2 N–H and O–H groups in total. The quantitative estimate of drug-likeness (QED) is 0.427. The van der Waals surface area contributed by atoms with Crippen molar-refractivity contribution in [3.63, 3.8) is 0 Å². The van der Waals surface area contributed by atoms with E-state index in [0.29, 0.717) is 13.0 Å². The summed E-state index contributed by atoms with van der Waals surface area (Å²) in [7, 11) is 1.36. The number of nitrogens with one attached hydrogen (secondary N) is 1. The summed E-state index contributed by atoms with van der Waals surface area (Å²) < 4.78 is 5.00. The molecule has 7 nitrogen and oxygen atoms in total. The van der Waals surface area contributed by atoms with Gasteiger partial charge in [0, 0.05) is 19.2 Å². The molecule has 1 aromatic carbocycles. The molecule has 0 aliphatic rings. The van der Waals surface area contributed by atoms with Crippen LogP contribution in [-0.2, 0) is 0 Å². The summed E-state index contributed by atoms with van der Waals surface area (Å²) in [5.74, 6) is -0.159. The number of non-ortho nitro benzene ring substituents is 1. The molecule has 0 saturated heterocycles. The Bertz CT molecular complexity index is 476. The predicted octanol–water partition coefficient (Wildman–Crippen LogP) is 1.50. The highest BCUT2D eigenvalue weighted by atomic mass is 16.6. The first-order valence-electron chi connectivity index (χ1n) is 6.31. The summed E-state index contributed by atoms with van der Waals surface area (Å²) in [6.07, 6.45) is 2.30. The number of aliphatic hydroxyl groups is 1. The lowest BCUT2D eigenvalue weighted by Crippen LogP contribution is -2.25. The van der Waals surface area contributed by atoms with E-state index in [1.807, 2.05) is 0 Å². The lowest BCUT2D eigenvalue weighted by molar-refractivity contribution is -0.384. The van der Waals surface area contributed by atoms with E-state index in [1.165, 1.54) is 25.3 Å². The maximum atomic E-state index is 11.9. The van der Waals surface area contributed by atoms with Crippen LogP contribution in [0.4, 0.5) is 5.69 Å². The van der Waals surface area contributed by atoms with E-state index in [1.54, 1.807) is 0 Å². The zero-order chi connectivity index (χ0) is 15.0. The molecule has 0 aromatic heterocycles. The number of aliphatic hydroxyl groups excluding tert-OH is 1. The first-order valence-corrected chi connectivity index (χ1v) is 6.31. The van der Waals surface area contributed by atoms with E-state index in [9.17, 15) is 14.9 Å². The average Bonchev–Trinajstić information content (AvgIpc) is 2.46. The van der Waals surface area contributed by atoms with Crippen molar-refractivity contribution in [1.29, 1.82) is 0 Å². The SMILES string of the molecule is COc1cc([N+](=O)[O-])ccc1C(=O)NCCCCCO. The Balaban J connectivity index is 2.65. The first-order chi connectivity index (χ1) is 9.60. The van der Waals surface area contributed by atoms with Crippen molar-refractivity contribution >= 4 is 11.6 Å². The Morgan fingerprint density at radius 1 is 1.40 bits per heavy atom. The molecule has 0 radical (unpaired) electrons. The second kappa shape index (κ2) is 8.11. The van der Waals surface area contributed by atoms with E-state index < -0.39 is 4.92 Å². The number of nitro benzene ring substituents is 1. The fourth-order valence-corrected chi connectivity index (χ4v) is 1.69. The number of benzene rings is 1. The molecular formula is C13H18N2O5. The summed E-state index contributed by atoms with van der Waals surface area (Å²) in [6, 6.07) is 3.86. The van der Waals surface area contributed by atoms with Crippen LogP contribution in [0.1, 0.15) is 29.6 Å². The Hall–Kier alpha value is -2.15. The van der Waals surface area contributed by atoms with Crippen LogP contribution in [0.25, 0.3) is 0 Å². The van der Waals surface area contributed by atoms with Crippen LogP contribution in [0, 0.1) is 10.1 Å². The Labute approximate surface area is 116 Å². The highest BCUT2D eigenvalue weighted by Crippen LogP contribution is 2.24. The monoisotopic (exact) mass is 282 g/mol. The molecule has 20 heavy (non-hydrogen) atoms. The van der Waals surface area contributed by atoms with Gasteiger partial charge in [-0.3, -0.25) is 14.9 Å². The largest absolute Gasteiger partial charge is 0.496 e. The Kier molecular flexibility index (Phi) is 6.45. The number of carbonyl (C=O) groups is 1. The summed E-state index contributed by atoms with van der Waals surface area (Å²) in [5, 5.41) is 22.0. The van der Waals surface area contributed by atoms with Crippen LogP contribution in [0.5, 0.6) is 5.75 Å². The fourth-order valence-electron chi connectivity index (χ4n) is 1.69. The highest BCUT2D eigenvalue weighted by molar-refractivity contribution is 5.97. The second-order valence-electron chi connectivity index (χ2n) is 4.18. The number of methoxy groups -OCH3 is 1. The smallest absolute Gasteiger partial charge is 0.273 e. The van der Waals surface area contributed by atoms with Crippen molar-refractivity contribution in [1.82, 2.24) is 5.32 Å². The third-order valence-corrected chi connectivity index (χ3v) is 2.76. The number of rotatable bonds is 8. The molecule has 0 heterocycles. The van der Waals surface area contributed by atoms with Crippen molar-refractivity contribution in [2.24, 2.45) is 0 Å². The van der Waals surface area contributed by atoms with Gasteiger partial charge in [0.1, 0.15) is 5.75 Å². The summed E-state index contributed by atoms with van der Waals surface area (Å²) in [4.78, 5) is 22.0. The molecule has 0 spiro atoms. The first kappa shape index (κ1) is 15.9. The van der Waals surface area contributed by atoms with Crippen LogP contribution in [0.2, 0.25) is 0 Å². The molecule has 7 heteroatoms. The number of unbranched alkanes of at least 4 members (excludes halogenated alkanes) is 2. The molecule has 0 atom stereocenters. The minimum Gasteiger partial charge on any atom is -0.496 e. The minimum absolute atomic E-state index is 0.124. The van der Waals surface area contributed by atoms with Crippen LogP contribution >= 0.6 is 0 Å². The number of nitro groups is 1. The number of hydrogen-bond donors (Lipinski definition) is 2. The number of nitrogens with zero attached hydrogens (tertiary/aromatic N) is 1. The van der Waals surface area contributed by atoms with Gasteiger partial charge in [-0.1, -0.05) is 0 Å². The molecule has 0 unspecified atom stereocenters. The number of amides is 1. The van der Waals surface area contributed by atoms with E-state index in [4.69, 9.17) is 9.84 Å². The zero-order valence-corrected chi connectivity index (χ0v) is 11.3. The van der Waals surface area contributed by atoms with Gasteiger partial charge in [0.05, 0.1) is 23.7 Å². The van der Waals surface area contributed by atoms with Crippen molar-refractivity contribution in [2.45, 2.75) is 19.3 Å². The molecular weight excluding hydrogens is 264 g/mol.